The highest BCUT2D eigenvalue weighted by atomic mass is 19.1. The predicted octanol–water partition coefficient (Wildman–Crippen LogP) is 5.05. The Morgan fingerprint density at radius 3 is 2.47 bits per heavy atom. The molecule has 1 heterocycles. The molecule has 2 aromatic carbocycles. The zero-order valence-electron chi connectivity index (χ0n) is 16.9. The number of hydrogen-bond acceptors (Lipinski definition) is 4. The summed E-state index contributed by atoms with van der Waals surface area (Å²) in [6, 6.07) is 8.87. The van der Waals surface area contributed by atoms with Crippen LogP contribution in [0.3, 0.4) is 0 Å². The van der Waals surface area contributed by atoms with E-state index in [-0.39, 0.29) is 11.4 Å². The Balaban J connectivity index is 2.06. The summed E-state index contributed by atoms with van der Waals surface area (Å²) in [5.74, 6) is -2.00. The van der Waals surface area contributed by atoms with Crippen molar-refractivity contribution in [1.29, 1.82) is 0 Å². The molecule has 0 aliphatic heterocycles. The lowest BCUT2D eigenvalue weighted by Crippen LogP contribution is -2.24. The van der Waals surface area contributed by atoms with Gasteiger partial charge in [0.2, 0.25) is 0 Å². The molecule has 1 N–H and O–H groups in total. The van der Waals surface area contributed by atoms with Crippen LogP contribution in [0.25, 0.3) is 11.3 Å². The van der Waals surface area contributed by atoms with E-state index in [9.17, 15) is 23.7 Å². The third kappa shape index (κ3) is 4.05. The number of carbonyl (C=O) groups is 1. The molecule has 3 aromatic rings. The number of aryl methyl sites for hydroxylation is 1. The summed E-state index contributed by atoms with van der Waals surface area (Å²) in [5, 5.41) is 18.0. The summed E-state index contributed by atoms with van der Waals surface area (Å²) in [6.45, 7) is 7.38. The van der Waals surface area contributed by atoms with Gasteiger partial charge in [-0.2, -0.15) is 5.10 Å². The quantitative estimate of drug-likeness (QED) is 0.478. The predicted molar refractivity (Wildman–Crippen MR) is 108 cm³/mol. The number of aromatic nitrogens is 2. The number of nitro benzene ring substituents is 1. The van der Waals surface area contributed by atoms with E-state index >= 15 is 0 Å². The standard InChI is InChI=1S/C21H20F2N4O3/c1-12-6-5-7-15(23)19(12)17-11-18(25-26(17)21(2,3)4)24-20(28)14-9-8-13(22)10-16(14)27(29)30/h5-11H,1-4H3,(H,24,25,28). The summed E-state index contributed by atoms with van der Waals surface area (Å²) in [7, 11) is 0. The fraction of sp³-hybridized carbons (Fsp3) is 0.238. The lowest BCUT2D eigenvalue weighted by molar-refractivity contribution is -0.385. The second-order valence-electron chi connectivity index (χ2n) is 7.80. The zero-order chi connectivity index (χ0) is 22.2. The number of nitro groups is 1. The number of anilines is 1. The molecule has 156 valence electrons. The van der Waals surface area contributed by atoms with Crippen LogP contribution >= 0.6 is 0 Å². The minimum atomic E-state index is -0.833. The Labute approximate surface area is 171 Å². The van der Waals surface area contributed by atoms with Crippen molar-refractivity contribution < 1.29 is 18.5 Å². The summed E-state index contributed by atoms with van der Waals surface area (Å²) >= 11 is 0. The van der Waals surface area contributed by atoms with Crippen molar-refractivity contribution in [2.75, 3.05) is 5.32 Å². The molecule has 0 saturated carbocycles. The number of hydrogen-bond donors (Lipinski definition) is 1. The molecule has 0 atom stereocenters. The average Bonchev–Trinajstić information content (AvgIpc) is 3.05. The van der Waals surface area contributed by atoms with Crippen LogP contribution in [-0.2, 0) is 5.54 Å². The molecule has 0 aliphatic carbocycles. The smallest absolute Gasteiger partial charge is 0.285 e. The molecule has 0 bridgehead atoms. The largest absolute Gasteiger partial charge is 0.305 e. The molecule has 0 saturated heterocycles. The van der Waals surface area contributed by atoms with Gasteiger partial charge in [-0.05, 0) is 51.5 Å². The topological polar surface area (TPSA) is 90.1 Å². The maximum atomic E-state index is 14.6. The molecule has 30 heavy (non-hydrogen) atoms. The molecule has 0 aliphatic rings. The van der Waals surface area contributed by atoms with Crippen LogP contribution in [0.2, 0.25) is 0 Å². The van der Waals surface area contributed by atoms with Crippen LogP contribution in [0.1, 0.15) is 36.7 Å². The van der Waals surface area contributed by atoms with E-state index in [0.29, 0.717) is 22.9 Å². The van der Waals surface area contributed by atoms with Crippen molar-refractivity contribution >= 4 is 17.4 Å². The van der Waals surface area contributed by atoms with Crippen molar-refractivity contribution in [2.45, 2.75) is 33.2 Å². The van der Waals surface area contributed by atoms with Crippen LogP contribution in [0, 0.1) is 28.7 Å². The molecular formula is C21H20F2N4O3. The van der Waals surface area contributed by atoms with Crippen molar-refractivity contribution in [2.24, 2.45) is 0 Å². The normalized spacial score (nSPS) is 11.4. The van der Waals surface area contributed by atoms with Gasteiger partial charge in [-0.1, -0.05) is 12.1 Å². The number of benzene rings is 2. The Hall–Kier alpha value is -3.62. The van der Waals surface area contributed by atoms with E-state index < -0.39 is 33.7 Å². The van der Waals surface area contributed by atoms with Crippen molar-refractivity contribution in [3.63, 3.8) is 0 Å². The highest BCUT2D eigenvalue weighted by molar-refractivity contribution is 6.06. The number of rotatable bonds is 4. The fourth-order valence-electron chi connectivity index (χ4n) is 3.12. The first-order valence-electron chi connectivity index (χ1n) is 9.10. The highest BCUT2D eigenvalue weighted by Crippen LogP contribution is 2.32. The maximum Gasteiger partial charge on any atom is 0.285 e. The lowest BCUT2D eigenvalue weighted by Gasteiger charge is -2.23. The number of amides is 1. The first kappa shape index (κ1) is 21.1. The molecule has 1 amide bonds. The van der Waals surface area contributed by atoms with Crippen molar-refractivity contribution in [3.05, 3.63) is 75.3 Å². The van der Waals surface area contributed by atoms with Crippen molar-refractivity contribution in [1.82, 2.24) is 9.78 Å². The minimum Gasteiger partial charge on any atom is -0.305 e. The molecular weight excluding hydrogens is 394 g/mol. The van der Waals surface area contributed by atoms with Gasteiger partial charge in [0.25, 0.3) is 11.6 Å². The van der Waals surface area contributed by atoms with Gasteiger partial charge < -0.3 is 5.32 Å². The average molecular weight is 414 g/mol. The first-order chi connectivity index (χ1) is 14.0. The molecule has 3 rings (SSSR count). The zero-order valence-corrected chi connectivity index (χ0v) is 16.9. The molecule has 0 fully saturated rings. The molecule has 9 heteroatoms. The van der Waals surface area contributed by atoms with Crippen LogP contribution in [-0.4, -0.2) is 20.6 Å². The number of nitrogens with zero attached hydrogens (tertiary/aromatic N) is 3. The fourth-order valence-corrected chi connectivity index (χ4v) is 3.12. The number of nitrogens with one attached hydrogen (secondary N) is 1. The summed E-state index contributed by atoms with van der Waals surface area (Å²) < 4.78 is 29.5. The first-order valence-corrected chi connectivity index (χ1v) is 9.10. The monoisotopic (exact) mass is 414 g/mol. The Morgan fingerprint density at radius 1 is 1.17 bits per heavy atom. The van der Waals surface area contributed by atoms with Crippen LogP contribution in [0.4, 0.5) is 20.3 Å². The summed E-state index contributed by atoms with van der Waals surface area (Å²) in [6.07, 6.45) is 0. The third-order valence-corrected chi connectivity index (χ3v) is 4.47. The SMILES string of the molecule is Cc1cccc(F)c1-c1cc(NC(=O)c2ccc(F)cc2[N+](=O)[O-])nn1C(C)(C)C. The Kier molecular flexibility index (Phi) is 5.39. The van der Waals surface area contributed by atoms with Gasteiger partial charge >= 0.3 is 0 Å². The minimum absolute atomic E-state index is 0.0891. The van der Waals surface area contributed by atoms with Gasteiger partial charge in [0.05, 0.1) is 22.2 Å². The molecule has 7 nitrogen and oxygen atoms in total. The van der Waals surface area contributed by atoms with E-state index in [1.165, 1.54) is 12.1 Å². The number of carbonyl (C=O) groups excluding carboxylic acids is 1. The molecule has 0 radical (unpaired) electrons. The molecule has 0 unspecified atom stereocenters. The van der Waals surface area contributed by atoms with Gasteiger partial charge in [0.15, 0.2) is 5.82 Å². The lowest BCUT2D eigenvalue weighted by atomic mass is 10.0. The molecule has 1 aromatic heterocycles. The second kappa shape index (κ2) is 7.66. The van der Waals surface area contributed by atoms with Gasteiger partial charge in [0.1, 0.15) is 17.2 Å². The van der Waals surface area contributed by atoms with E-state index in [0.717, 1.165) is 12.1 Å². The second-order valence-corrected chi connectivity index (χ2v) is 7.80. The van der Waals surface area contributed by atoms with E-state index in [1.807, 2.05) is 20.8 Å². The maximum absolute atomic E-state index is 14.6. The van der Waals surface area contributed by atoms with Gasteiger partial charge in [-0.25, -0.2) is 8.78 Å². The van der Waals surface area contributed by atoms with Gasteiger partial charge in [-0.3, -0.25) is 19.6 Å². The summed E-state index contributed by atoms with van der Waals surface area (Å²) in [4.78, 5) is 23.0. The summed E-state index contributed by atoms with van der Waals surface area (Å²) in [5.41, 5.74) is -0.0413. The van der Waals surface area contributed by atoms with Gasteiger partial charge in [0, 0.05) is 11.6 Å². The van der Waals surface area contributed by atoms with Crippen LogP contribution in [0.15, 0.2) is 42.5 Å². The Morgan fingerprint density at radius 2 is 1.87 bits per heavy atom. The van der Waals surface area contributed by atoms with Gasteiger partial charge in [-0.15, -0.1) is 0 Å². The van der Waals surface area contributed by atoms with Crippen LogP contribution < -0.4 is 5.32 Å². The van der Waals surface area contributed by atoms with Crippen molar-refractivity contribution in [3.8, 4) is 11.3 Å². The molecule has 0 spiro atoms. The Bertz CT molecular complexity index is 1130. The van der Waals surface area contributed by atoms with E-state index in [1.54, 1.807) is 23.7 Å². The van der Waals surface area contributed by atoms with E-state index in [4.69, 9.17) is 0 Å². The highest BCUT2D eigenvalue weighted by Gasteiger charge is 2.26. The third-order valence-electron chi connectivity index (χ3n) is 4.47. The van der Waals surface area contributed by atoms with Crippen LogP contribution in [0.5, 0.6) is 0 Å². The number of halogens is 2. The van der Waals surface area contributed by atoms with E-state index in [2.05, 4.69) is 10.4 Å².